The Labute approximate surface area is 183 Å². The minimum atomic E-state index is -0.114. The highest BCUT2D eigenvalue weighted by Gasteiger charge is 2.24. The molecule has 0 aromatic heterocycles. The lowest BCUT2D eigenvalue weighted by Crippen LogP contribution is -2.46. The number of carbonyl (C=O) groups is 3. The van der Waals surface area contributed by atoms with Crippen LogP contribution in [-0.2, 0) is 4.79 Å². The lowest BCUT2D eigenvalue weighted by atomic mass is 10.0. The van der Waals surface area contributed by atoms with E-state index in [1.165, 1.54) is 0 Å². The molecule has 31 heavy (non-hydrogen) atoms. The number of ketones is 1. The third kappa shape index (κ3) is 6.41. The maximum atomic E-state index is 12.7. The molecule has 0 radical (unpaired) electrons. The Morgan fingerprint density at radius 2 is 1.55 bits per heavy atom. The van der Waals surface area contributed by atoms with Crippen molar-refractivity contribution in [2.75, 3.05) is 19.7 Å². The van der Waals surface area contributed by atoms with Crippen molar-refractivity contribution in [3.63, 3.8) is 0 Å². The summed E-state index contributed by atoms with van der Waals surface area (Å²) in [5.41, 5.74) is 2.38. The number of nitrogens with zero attached hydrogens (tertiary/aromatic N) is 1. The zero-order valence-corrected chi connectivity index (χ0v) is 18.2. The van der Waals surface area contributed by atoms with E-state index in [0.717, 1.165) is 11.3 Å². The molecule has 2 aromatic carbocycles. The summed E-state index contributed by atoms with van der Waals surface area (Å²) in [4.78, 5) is 39.0. The molecule has 1 aliphatic heterocycles. The molecule has 0 spiro atoms. The molecule has 1 fully saturated rings. The maximum Gasteiger partial charge on any atom is 0.253 e. The Morgan fingerprint density at radius 3 is 2.16 bits per heavy atom. The van der Waals surface area contributed by atoms with Gasteiger partial charge in [0, 0.05) is 43.1 Å². The summed E-state index contributed by atoms with van der Waals surface area (Å²) in [6.45, 7) is 5.67. The van der Waals surface area contributed by atoms with E-state index in [-0.39, 0.29) is 36.5 Å². The summed E-state index contributed by atoms with van der Waals surface area (Å²) in [7, 11) is 0. The number of aryl methyl sites for hydroxylation is 1. The van der Waals surface area contributed by atoms with Gasteiger partial charge in [-0.3, -0.25) is 14.4 Å². The number of amides is 2. The number of nitrogens with one attached hydrogen (secondary N) is 1. The average molecular weight is 423 g/mol. The number of hydrogen-bond donors (Lipinski definition) is 1. The van der Waals surface area contributed by atoms with Crippen molar-refractivity contribution >= 4 is 17.6 Å². The van der Waals surface area contributed by atoms with Gasteiger partial charge in [0.05, 0.1) is 6.61 Å². The highest BCUT2D eigenvalue weighted by molar-refractivity contribution is 5.98. The van der Waals surface area contributed by atoms with E-state index in [0.29, 0.717) is 43.7 Å². The van der Waals surface area contributed by atoms with E-state index in [1.807, 2.05) is 43.0 Å². The van der Waals surface area contributed by atoms with Crippen molar-refractivity contribution in [1.29, 1.82) is 0 Å². The van der Waals surface area contributed by atoms with E-state index in [2.05, 4.69) is 5.32 Å². The summed E-state index contributed by atoms with van der Waals surface area (Å²) >= 11 is 0. The standard InChI is InChI=1S/C25H30N2O4/c1-3-31-22-10-8-20(9-11-22)25(30)27-16-14-21(15-17-27)26-24(29)13-12-23(28)19-6-4-18(2)5-7-19/h4-11,21H,3,12-17H2,1-2H3,(H,26,29). The van der Waals surface area contributed by atoms with Crippen LogP contribution in [-0.4, -0.2) is 48.2 Å². The van der Waals surface area contributed by atoms with Gasteiger partial charge in [0.25, 0.3) is 5.91 Å². The molecule has 6 heteroatoms. The maximum absolute atomic E-state index is 12.7. The third-order valence-corrected chi connectivity index (χ3v) is 5.51. The van der Waals surface area contributed by atoms with Gasteiger partial charge in [0.1, 0.15) is 5.75 Å². The van der Waals surface area contributed by atoms with Crippen LogP contribution in [0.1, 0.15) is 58.9 Å². The minimum absolute atomic E-state index is 0.00322. The van der Waals surface area contributed by atoms with Crippen molar-refractivity contribution in [2.24, 2.45) is 0 Å². The SMILES string of the molecule is CCOc1ccc(C(=O)N2CCC(NC(=O)CCC(=O)c3ccc(C)cc3)CC2)cc1. The molecule has 0 aliphatic carbocycles. The van der Waals surface area contributed by atoms with Gasteiger partial charge >= 0.3 is 0 Å². The molecule has 1 aliphatic rings. The summed E-state index contributed by atoms with van der Waals surface area (Å²) in [5, 5.41) is 3.01. The number of Topliss-reactive ketones (excluding diaryl/α,β-unsaturated/α-hetero) is 1. The summed E-state index contributed by atoms with van der Waals surface area (Å²) in [6, 6.07) is 14.6. The van der Waals surface area contributed by atoms with Gasteiger partial charge in [-0.05, 0) is 51.0 Å². The fraction of sp³-hybridized carbons (Fsp3) is 0.400. The van der Waals surface area contributed by atoms with Crippen molar-refractivity contribution in [1.82, 2.24) is 10.2 Å². The number of piperidine rings is 1. The Hall–Kier alpha value is -3.15. The predicted octanol–water partition coefficient (Wildman–Crippen LogP) is 3.78. The van der Waals surface area contributed by atoms with Crippen molar-refractivity contribution in [2.45, 2.75) is 45.6 Å². The second-order valence-corrected chi connectivity index (χ2v) is 7.88. The quantitative estimate of drug-likeness (QED) is 0.657. The van der Waals surface area contributed by atoms with Gasteiger partial charge in [-0.2, -0.15) is 0 Å². The number of ether oxygens (including phenoxy) is 1. The lowest BCUT2D eigenvalue weighted by Gasteiger charge is -2.32. The molecule has 0 atom stereocenters. The van der Waals surface area contributed by atoms with Crippen molar-refractivity contribution < 1.29 is 19.1 Å². The van der Waals surface area contributed by atoms with E-state index in [4.69, 9.17) is 4.74 Å². The van der Waals surface area contributed by atoms with Gasteiger partial charge in [-0.1, -0.05) is 29.8 Å². The van der Waals surface area contributed by atoms with E-state index in [1.54, 1.807) is 24.3 Å². The average Bonchev–Trinajstić information content (AvgIpc) is 2.79. The van der Waals surface area contributed by atoms with Crippen molar-refractivity contribution in [3.05, 3.63) is 65.2 Å². The van der Waals surface area contributed by atoms with Crippen molar-refractivity contribution in [3.8, 4) is 5.75 Å². The van der Waals surface area contributed by atoms with Gasteiger partial charge in [0.15, 0.2) is 5.78 Å². The molecule has 0 bridgehead atoms. The third-order valence-electron chi connectivity index (χ3n) is 5.51. The number of likely N-dealkylation sites (tertiary alicyclic amines) is 1. The lowest BCUT2D eigenvalue weighted by molar-refractivity contribution is -0.122. The van der Waals surface area contributed by atoms with Crippen LogP contribution in [0.15, 0.2) is 48.5 Å². The van der Waals surface area contributed by atoms with Crippen LogP contribution in [0.4, 0.5) is 0 Å². The van der Waals surface area contributed by atoms with E-state index in [9.17, 15) is 14.4 Å². The number of hydrogen-bond acceptors (Lipinski definition) is 4. The molecule has 0 saturated carbocycles. The normalized spacial score (nSPS) is 14.2. The van der Waals surface area contributed by atoms with Crippen LogP contribution in [0.2, 0.25) is 0 Å². The summed E-state index contributed by atoms with van der Waals surface area (Å²) in [6.07, 6.45) is 1.79. The summed E-state index contributed by atoms with van der Waals surface area (Å²) in [5.74, 6) is 0.612. The second-order valence-electron chi connectivity index (χ2n) is 7.88. The molecular weight excluding hydrogens is 392 g/mol. The Balaban J connectivity index is 1.41. The minimum Gasteiger partial charge on any atom is -0.494 e. The molecule has 0 unspecified atom stereocenters. The number of benzene rings is 2. The molecule has 164 valence electrons. The predicted molar refractivity (Wildman–Crippen MR) is 119 cm³/mol. The fourth-order valence-electron chi connectivity index (χ4n) is 3.68. The monoisotopic (exact) mass is 422 g/mol. The molecule has 1 heterocycles. The van der Waals surface area contributed by atoms with Gasteiger partial charge in [0.2, 0.25) is 5.91 Å². The Bertz CT molecular complexity index is 898. The highest BCUT2D eigenvalue weighted by Crippen LogP contribution is 2.17. The molecule has 6 nitrogen and oxygen atoms in total. The zero-order valence-electron chi connectivity index (χ0n) is 18.2. The van der Waals surface area contributed by atoms with E-state index < -0.39 is 0 Å². The van der Waals surface area contributed by atoms with Crippen LogP contribution in [0, 0.1) is 6.92 Å². The first-order valence-corrected chi connectivity index (χ1v) is 10.9. The molecule has 2 aromatic rings. The first-order valence-electron chi connectivity index (χ1n) is 10.9. The van der Waals surface area contributed by atoms with Crippen LogP contribution in [0.3, 0.4) is 0 Å². The fourth-order valence-corrected chi connectivity index (χ4v) is 3.68. The molecule has 2 amide bonds. The van der Waals surface area contributed by atoms with Crippen LogP contribution >= 0.6 is 0 Å². The van der Waals surface area contributed by atoms with Crippen LogP contribution in [0.5, 0.6) is 5.75 Å². The first kappa shape index (κ1) is 22.5. The molecular formula is C25H30N2O4. The number of rotatable bonds is 8. The molecule has 1 saturated heterocycles. The number of carbonyl (C=O) groups excluding carboxylic acids is 3. The summed E-state index contributed by atoms with van der Waals surface area (Å²) < 4.78 is 5.42. The zero-order chi connectivity index (χ0) is 22.2. The van der Waals surface area contributed by atoms with Gasteiger partial charge in [-0.15, -0.1) is 0 Å². The Morgan fingerprint density at radius 1 is 0.935 bits per heavy atom. The largest absolute Gasteiger partial charge is 0.494 e. The Kier molecular flexibility index (Phi) is 7.82. The highest BCUT2D eigenvalue weighted by atomic mass is 16.5. The van der Waals surface area contributed by atoms with Crippen LogP contribution < -0.4 is 10.1 Å². The smallest absolute Gasteiger partial charge is 0.253 e. The molecule has 1 N–H and O–H groups in total. The second kappa shape index (κ2) is 10.8. The van der Waals surface area contributed by atoms with Gasteiger partial charge < -0.3 is 15.0 Å². The van der Waals surface area contributed by atoms with E-state index >= 15 is 0 Å². The van der Waals surface area contributed by atoms with Gasteiger partial charge in [-0.25, -0.2) is 0 Å². The van der Waals surface area contributed by atoms with Crippen LogP contribution in [0.25, 0.3) is 0 Å². The molecule has 3 rings (SSSR count). The first-order chi connectivity index (χ1) is 15.0. The topological polar surface area (TPSA) is 75.7 Å².